The molecule has 0 aliphatic heterocycles. The number of aliphatic carboxylic acids is 1. The Morgan fingerprint density at radius 2 is 1.43 bits per heavy atom. The fourth-order valence-electron chi connectivity index (χ4n) is 3.74. The third-order valence-corrected chi connectivity index (χ3v) is 5.73. The Morgan fingerprint density at radius 3 is 2.03 bits per heavy atom. The van der Waals surface area contributed by atoms with Gasteiger partial charge in [0.2, 0.25) is 0 Å². The quantitative estimate of drug-likeness (QED) is 0.132. The van der Waals surface area contributed by atoms with E-state index in [9.17, 15) is 20.1 Å². The first-order valence-corrected chi connectivity index (χ1v) is 11.9. The number of carbonyl (C=O) groups is 1. The molecule has 1 rings (SSSR count). The molecule has 0 aliphatic carbocycles. The van der Waals surface area contributed by atoms with Crippen molar-refractivity contribution in [1.82, 2.24) is 0 Å². The van der Waals surface area contributed by atoms with Gasteiger partial charge in [-0.2, -0.15) is 0 Å². The lowest BCUT2D eigenvalue weighted by molar-refractivity contribution is -0.142. The van der Waals surface area contributed by atoms with Gasteiger partial charge in [0.25, 0.3) is 0 Å². The minimum atomic E-state index is -0.740. The number of benzene rings is 1. The predicted octanol–water partition coefficient (Wildman–Crippen LogP) is 7.38. The molecule has 30 heavy (non-hydrogen) atoms. The number of aryl methyl sites for hydroxylation is 1. The number of rotatable bonds is 18. The van der Waals surface area contributed by atoms with Crippen molar-refractivity contribution in [2.75, 3.05) is 0 Å². The number of hydrogen-bond acceptors (Lipinski definition) is 3. The number of phenolic OH excluding ortho intramolecular Hbond substituents is 2. The molecule has 0 aliphatic rings. The average Bonchev–Trinajstić information content (AvgIpc) is 2.72. The summed E-state index contributed by atoms with van der Waals surface area (Å²) in [7, 11) is 0. The molecule has 0 saturated heterocycles. The maximum Gasteiger partial charge on any atom is 0.306 e. The average molecular weight is 419 g/mol. The molecule has 1 unspecified atom stereocenters. The molecule has 170 valence electrons. The van der Waals surface area contributed by atoms with E-state index in [4.69, 9.17) is 0 Å². The Morgan fingerprint density at radius 1 is 0.833 bits per heavy atom. The number of carboxylic acids is 1. The van der Waals surface area contributed by atoms with Gasteiger partial charge in [-0.25, -0.2) is 0 Å². The first-order chi connectivity index (χ1) is 14.5. The van der Waals surface area contributed by atoms with Gasteiger partial charge in [-0.15, -0.1) is 0 Å². The molecule has 0 saturated carbocycles. The zero-order chi connectivity index (χ0) is 22.0. The van der Waals surface area contributed by atoms with Crippen LogP contribution in [0.2, 0.25) is 0 Å². The van der Waals surface area contributed by atoms with Crippen LogP contribution in [0.4, 0.5) is 0 Å². The van der Waals surface area contributed by atoms with E-state index in [1.807, 2.05) is 0 Å². The minimum Gasteiger partial charge on any atom is -0.504 e. The Hall–Kier alpha value is -1.97. The second-order valence-corrected chi connectivity index (χ2v) is 8.42. The molecule has 0 radical (unpaired) electrons. The Balaban J connectivity index is 2.06. The smallest absolute Gasteiger partial charge is 0.306 e. The molecule has 0 fully saturated rings. The first kappa shape index (κ1) is 26.1. The van der Waals surface area contributed by atoms with E-state index < -0.39 is 5.97 Å². The van der Waals surface area contributed by atoms with E-state index in [0.29, 0.717) is 19.3 Å². The maximum absolute atomic E-state index is 11.5. The zero-order valence-corrected chi connectivity index (χ0v) is 18.8. The molecule has 0 heterocycles. The number of phenols is 2. The number of allylic oxidation sites excluding steroid dienone is 2. The Kier molecular flexibility index (Phi) is 14.6. The van der Waals surface area contributed by atoms with Crippen LogP contribution in [0.5, 0.6) is 11.5 Å². The van der Waals surface area contributed by atoms with Crippen LogP contribution in [0, 0.1) is 5.92 Å². The third kappa shape index (κ3) is 12.6. The highest BCUT2D eigenvalue weighted by atomic mass is 16.4. The summed E-state index contributed by atoms with van der Waals surface area (Å²) in [5.41, 5.74) is 0.851. The van der Waals surface area contributed by atoms with Crippen LogP contribution in [0.15, 0.2) is 30.4 Å². The van der Waals surface area contributed by atoms with Crippen LogP contribution in [-0.2, 0) is 11.2 Å². The largest absolute Gasteiger partial charge is 0.504 e. The summed E-state index contributed by atoms with van der Waals surface area (Å²) in [5.74, 6) is -1.39. The second kappa shape index (κ2) is 16.8. The van der Waals surface area contributed by atoms with Crippen molar-refractivity contribution in [2.24, 2.45) is 5.92 Å². The van der Waals surface area contributed by atoms with Crippen LogP contribution in [-0.4, -0.2) is 21.3 Å². The molecule has 1 aromatic rings. The highest BCUT2D eigenvalue weighted by molar-refractivity contribution is 5.69. The highest BCUT2D eigenvalue weighted by Crippen LogP contribution is 2.26. The standard InChI is InChI=1S/C26H42O4/c1-2-3-4-5-6-7-8-9-10-11-12-13-14-15-16-23(26(29)30)19-17-22-18-20-24(27)25(28)21-22/h9-10,18,20-21,23,27-28H,2-8,11-17,19H2,1H3,(H,29,30)/b10-9-. The number of carboxylic acid groups (broad SMARTS) is 1. The van der Waals surface area contributed by atoms with E-state index >= 15 is 0 Å². The van der Waals surface area contributed by atoms with Crippen molar-refractivity contribution < 1.29 is 20.1 Å². The Bertz CT molecular complexity index is 609. The molecule has 0 aromatic heterocycles. The minimum absolute atomic E-state index is 0.147. The fourth-order valence-corrected chi connectivity index (χ4v) is 3.74. The van der Waals surface area contributed by atoms with Crippen LogP contribution in [0.1, 0.15) is 102 Å². The molecular formula is C26H42O4. The lowest BCUT2D eigenvalue weighted by atomic mass is 9.93. The molecule has 4 heteroatoms. The van der Waals surface area contributed by atoms with E-state index in [2.05, 4.69) is 19.1 Å². The topological polar surface area (TPSA) is 77.8 Å². The van der Waals surface area contributed by atoms with Crippen molar-refractivity contribution >= 4 is 5.97 Å². The molecule has 0 spiro atoms. The van der Waals surface area contributed by atoms with Crippen molar-refractivity contribution in [2.45, 2.75) is 103 Å². The van der Waals surface area contributed by atoms with Crippen molar-refractivity contribution in [3.8, 4) is 11.5 Å². The van der Waals surface area contributed by atoms with Crippen LogP contribution < -0.4 is 0 Å². The van der Waals surface area contributed by atoms with Gasteiger partial charge in [-0.3, -0.25) is 4.79 Å². The van der Waals surface area contributed by atoms with Crippen molar-refractivity contribution in [3.05, 3.63) is 35.9 Å². The zero-order valence-electron chi connectivity index (χ0n) is 18.8. The lowest BCUT2D eigenvalue weighted by Gasteiger charge is -2.12. The van der Waals surface area contributed by atoms with Crippen molar-refractivity contribution in [3.63, 3.8) is 0 Å². The summed E-state index contributed by atoms with van der Waals surface area (Å²) in [6.07, 6.45) is 21.2. The van der Waals surface area contributed by atoms with Crippen LogP contribution in [0.25, 0.3) is 0 Å². The van der Waals surface area contributed by atoms with Gasteiger partial charge in [0.1, 0.15) is 0 Å². The summed E-state index contributed by atoms with van der Waals surface area (Å²) in [6.45, 7) is 2.25. The lowest BCUT2D eigenvalue weighted by Crippen LogP contribution is -2.14. The van der Waals surface area contributed by atoms with E-state index in [-0.39, 0.29) is 17.4 Å². The molecule has 1 atom stereocenters. The first-order valence-electron chi connectivity index (χ1n) is 11.9. The molecule has 0 amide bonds. The number of aromatic hydroxyl groups is 2. The molecule has 1 aromatic carbocycles. The Labute approximate surface area is 183 Å². The van der Waals surface area contributed by atoms with Crippen LogP contribution in [0.3, 0.4) is 0 Å². The van der Waals surface area contributed by atoms with Gasteiger partial charge in [0, 0.05) is 0 Å². The number of unbranched alkanes of at least 4 members (excludes halogenated alkanes) is 10. The fraction of sp³-hybridized carbons (Fsp3) is 0.654. The van der Waals surface area contributed by atoms with E-state index in [0.717, 1.165) is 31.2 Å². The second-order valence-electron chi connectivity index (χ2n) is 8.42. The summed E-state index contributed by atoms with van der Waals surface area (Å²) in [4.78, 5) is 11.5. The van der Waals surface area contributed by atoms with Gasteiger partial charge in [0.15, 0.2) is 11.5 Å². The SMILES string of the molecule is CCCCCCCC/C=C\CCCCCCC(CCc1ccc(O)c(O)c1)C(=O)O. The maximum atomic E-state index is 11.5. The van der Waals surface area contributed by atoms with Gasteiger partial charge < -0.3 is 15.3 Å². The molecule has 0 bridgehead atoms. The highest BCUT2D eigenvalue weighted by Gasteiger charge is 2.17. The number of hydrogen-bond donors (Lipinski definition) is 3. The predicted molar refractivity (Wildman–Crippen MR) is 124 cm³/mol. The van der Waals surface area contributed by atoms with E-state index in [1.54, 1.807) is 6.07 Å². The van der Waals surface area contributed by atoms with Crippen molar-refractivity contribution in [1.29, 1.82) is 0 Å². The van der Waals surface area contributed by atoms with Gasteiger partial charge in [-0.1, -0.05) is 76.5 Å². The summed E-state index contributed by atoms with van der Waals surface area (Å²) >= 11 is 0. The van der Waals surface area contributed by atoms with Crippen LogP contribution >= 0.6 is 0 Å². The van der Waals surface area contributed by atoms with E-state index in [1.165, 1.54) is 63.5 Å². The molecule has 3 N–H and O–H groups in total. The molecule has 4 nitrogen and oxygen atoms in total. The summed E-state index contributed by atoms with van der Waals surface area (Å²) in [6, 6.07) is 4.69. The summed E-state index contributed by atoms with van der Waals surface area (Å²) in [5, 5.41) is 28.4. The summed E-state index contributed by atoms with van der Waals surface area (Å²) < 4.78 is 0. The van der Waals surface area contributed by atoms with Gasteiger partial charge >= 0.3 is 5.97 Å². The monoisotopic (exact) mass is 418 g/mol. The normalized spacial score (nSPS) is 12.4. The van der Waals surface area contributed by atoms with Gasteiger partial charge in [-0.05, 0) is 62.6 Å². The van der Waals surface area contributed by atoms with Gasteiger partial charge in [0.05, 0.1) is 5.92 Å². The third-order valence-electron chi connectivity index (χ3n) is 5.73. The molecular weight excluding hydrogens is 376 g/mol.